The van der Waals surface area contributed by atoms with Crippen molar-refractivity contribution >= 4 is 11.9 Å². The van der Waals surface area contributed by atoms with E-state index in [1.165, 1.54) is 22.2 Å². The van der Waals surface area contributed by atoms with Crippen LogP contribution in [-0.4, -0.2) is 62.4 Å². The van der Waals surface area contributed by atoms with Gasteiger partial charge < -0.3 is 14.7 Å². The summed E-state index contributed by atoms with van der Waals surface area (Å²) in [4.78, 5) is 28.2. The number of aromatic nitrogens is 3. The number of hydrogen-bond donors (Lipinski definition) is 1. The first-order valence-corrected chi connectivity index (χ1v) is 5.57. The van der Waals surface area contributed by atoms with Gasteiger partial charge in [-0.05, 0) is 6.92 Å². The highest BCUT2D eigenvalue weighted by atomic mass is 16.5. The van der Waals surface area contributed by atoms with E-state index in [9.17, 15) is 9.59 Å². The van der Waals surface area contributed by atoms with Crippen molar-refractivity contribution in [3.8, 4) is 0 Å². The normalized spacial score (nSPS) is 21.6. The molecule has 1 aliphatic heterocycles. The van der Waals surface area contributed by atoms with Gasteiger partial charge in [-0.3, -0.25) is 4.79 Å². The topological polar surface area (TPSA) is 97.6 Å². The van der Waals surface area contributed by atoms with Crippen molar-refractivity contribution in [2.45, 2.75) is 19.1 Å². The summed E-state index contributed by atoms with van der Waals surface area (Å²) in [5.74, 6) is -1.24. The quantitative estimate of drug-likeness (QED) is 0.754. The molecule has 0 radical (unpaired) electrons. The molecular weight excluding hydrogens is 240 g/mol. The van der Waals surface area contributed by atoms with Crippen molar-refractivity contribution in [3.63, 3.8) is 0 Å². The molecule has 0 aromatic carbocycles. The molecule has 2 rings (SSSR count). The van der Waals surface area contributed by atoms with Crippen LogP contribution in [0.25, 0.3) is 0 Å². The Morgan fingerprint density at radius 2 is 2.33 bits per heavy atom. The largest absolute Gasteiger partial charge is 0.479 e. The number of aliphatic carboxylic acids is 1. The summed E-state index contributed by atoms with van der Waals surface area (Å²) < 4.78 is 6.50. The molecule has 8 heteroatoms. The summed E-state index contributed by atoms with van der Waals surface area (Å²) in [5, 5.41) is 12.8. The SMILES string of the molecule is CC(C(=O)N1CCOC(C(=O)O)C1)n1cncn1. The third-order valence-electron chi connectivity index (χ3n) is 2.84. The fourth-order valence-electron chi connectivity index (χ4n) is 1.79. The van der Waals surface area contributed by atoms with E-state index in [-0.39, 0.29) is 19.1 Å². The average Bonchev–Trinajstić information content (AvgIpc) is 2.91. The number of hydrogen-bond acceptors (Lipinski definition) is 5. The van der Waals surface area contributed by atoms with Gasteiger partial charge >= 0.3 is 5.97 Å². The molecule has 0 aliphatic carbocycles. The number of amides is 1. The molecule has 98 valence electrons. The number of carbonyl (C=O) groups excluding carboxylic acids is 1. The van der Waals surface area contributed by atoms with Crippen LogP contribution in [0.4, 0.5) is 0 Å². The Hall–Kier alpha value is -1.96. The predicted molar refractivity (Wildman–Crippen MR) is 58.7 cm³/mol. The lowest BCUT2D eigenvalue weighted by molar-refractivity contribution is -0.160. The van der Waals surface area contributed by atoms with Crippen LogP contribution in [0.3, 0.4) is 0 Å². The Kier molecular flexibility index (Phi) is 3.56. The minimum Gasteiger partial charge on any atom is -0.479 e. The van der Waals surface area contributed by atoms with Gasteiger partial charge in [-0.25, -0.2) is 14.5 Å². The maximum Gasteiger partial charge on any atom is 0.334 e. The second-order valence-corrected chi connectivity index (χ2v) is 4.03. The second kappa shape index (κ2) is 5.13. The zero-order chi connectivity index (χ0) is 13.1. The molecule has 1 aliphatic rings. The molecule has 2 unspecified atom stereocenters. The Labute approximate surface area is 103 Å². The smallest absolute Gasteiger partial charge is 0.334 e. The summed E-state index contributed by atoms with van der Waals surface area (Å²) in [6.45, 7) is 2.38. The van der Waals surface area contributed by atoms with Gasteiger partial charge in [0, 0.05) is 6.54 Å². The van der Waals surface area contributed by atoms with Crippen molar-refractivity contribution in [2.75, 3.05) is 19.7 Å². The highest BCUT2D eigenvalue weighted by molar-refractivity contribution is 5.81. The van der Waals surface area contributed by atoms with E-state index in [1.807, 2.05) is 0 Å². The van der Waals surface area contributed by atoms with Gasteiger partial charge in [0.2, 0.25) is 5.91 Å². The van der Waals surface area contributed by atoms with Gasteiger partial charge in [-0.15, -0.1) is 0 Å². The van der Waals surface area contributed by atoms with Crippen LogP contribution in [0, 0.1) is 0 Å². The number of carboxylic acids is 1. The van der Waals surface area contributed by atoms with Crippen LogP contribution in [0.5, 0.6) is 0 Å². The van der Waals surface area contributed by atoms with Crippen molar-refractivity contribution in [2.24, 2.45) is 0 Å². The van der Waals surface area contributed by atoms with E-state index >= 15 is 0 Å². The molecule has 1 fully saturated rings. The molecule has 0 saturated carbocycles. The molecule has 0 bridgehead atoms. The first kappa shape index (κ1) is 12.5. The van der Waals surface area contributed by atoms with Crippen LogP contribution in [0.15, 0.2) is 12.7 Å². The average molecular weight is 254 g/mol. The van der Waals surface area contributed by atoms with E-state index < -0.39 is 18.1 Å². The molecule has 1 aromatic heterocycles. The van der Waals surface area contributed by atoms with Gasteiger partial charge in [0.1, 0.15) is 18.7 Å². The number of carboxylic acid groups (broad SMARTS) is 1. The van der Waals surface area contributed by atoms with Gasteiger partial charge in [-0.1, -0.05) is 0 Å². The zero-order valence-electron chi connectivity index (χ0n) is 9.89. The number of carbonyl (C=O) groups is 2. The molecule has 1 amide bonds. The molecule has 18 heavy (non-hydrogen) atoms. The van der Waals surface area contributed by atoms with Crippen molar-refractivity contribution in [1.82, 2.24) is 19.7 Å². The predicted octanol–water partition coefficient (Wildman–Crippen LogP) is -0.849. The molecule has 2 atom stereocenters. The summed E-state index contributed by atoms with van der Waals surface area (Å²) in [6.07, 6.45) is 1.85. The van der Waals surface area contributed by atoms with Crippen molar-refractivity contribution in [1.29, 1.82) is 0 Å². The minimum absolute atomic E-state index is 0.0627. The maximum atomic E-state index is 12.2. The fourth-order valence-corrected chi connectivity index (χ4v) is 1.79. The van der Waals surface area contributed by atoms with E-state index in [1.54, 1.807) is 6.92 Å². The molecule has 1 N–H and O–H groups in total. The van der Waals surface area contributed by atoms with Gasteiger partial charge in [0.15, 0.2) is 6.10 Å². The van der Waals surface area contributed by atoms with Crippen LogP contribution < -0.4 is 0 Å². The number of nitrogens with zero attached hydrogens (tertiary/aromatic N) is 4. The molecule has 2 heterocycles. The third-order valence-corrected chi connectivity index (χ3v) is 2.84. The van der Waals surface area contributed by atoms with Crippen LogP contribution >= 0.6 is 0 Å². The maximum absolute atomic E-state index is 12.2. The monoisotopic (exact) mass is 254 g/mol. The minimum atomic E-state index is -1.05. The summed E-state index contributed by atoms with van der Waals surface area (Å²) >= 11 is 0. The van der Waals surface area contributed by atoms with Gasteiger partial charge in [-0.2, -0.15) is 5.10 Å². The Morgan fingerprint density at radius 1 is 1.56 bits per heavy atom. The molecule has 8 nitrogen and oxygen atoms in total. The Morgan fingerprint density at radius 3 is 2.94 bits per heavy atom. The second-order valence-electron chi connectivity index (χ2n) is 4.03. The standard InChI is InChI=1S/C10H14N4O4/c1-7(14-6-11-5-12-14)9(15)13-2-3-18-8(4-13)10(16)17/h5-8H,2-4H2,1H3,(H,16,17). The molecule has 1 saturated heterocycles. The zero-order valence-corrected chi connectivity index (χ0v) is 9.89. The Balaban J connectivity index is 2.02. The number of rotatable bonds is 3. The lowest BCUT2D eigenvalue weighted by Gasteiger charge is -2.32. The van der Waals surface area contributed by atoms with Crippen LogP contribution in [-0.2, 0) is 14.3 Å². The van der Waals surface area contributed by atoms with Gasteiger partial charge in [0.05, 0.1) is 13.2 Å². The highest BCUT2D eigenvalue weighted by Gasteiger charge is 2.31. The Bertz CT molecular complexity index is 433. The lowest BCUT2D eigenvalue weighted by Crippen LogP contribution is -2.50. The van der Waals surface area contributed by atoms with Crippen molar-refractivity contribution < 1.29 is 19.4 Å². The first-order chi connectivity index (χ1) is 8.59. The summed E-state index contributed by atoms with van der Waals surface area (Å²) in [7, 11) is 0. The number of ether oxygens (including phenoxy) is 1. The van der Waals surface area contributed by atoms with Crippen LogP contribution in [0.1, 0.15) is 13.0 Å². The van der Waals surface area contributed by atoms with E-state index in [4.69, 9.17) is 9.84 Å². The van der Waals surface area contributed by atoms with E-state index in [0.717, 1.165) is 0 Å². The highest BCUT2D eigenvalue weighted by Crippen LogP contribution is 2.12. The summed E-state index contributed by atoms with van der Waals surface area (Å²) in [6, 6.07) is -0.500. The molecule has 0 spiro atoms. The number of morpholine rings is 1. The van der Waals surface area contributed by atoms with Crippen molar-refractivity contribution in [3.05, 3.63) is 12.7 Å². The van der Waals surface area contributed by atoms with Gasteiger partial charge in [0.25, 0.3) is 0 Å². The third kappa shape index (κ3) is 2.48. The lowest BCUT2D eigenvalue weighted by atomic mass is 10.2. The molecule has 1 aromatic rings. The summed E-state index contributed by atoms with van der Waals surface area (Å²) in [5.41, 5.74) is 0. The van der Waals surface area contributed by atoms with E-state index in [2.05, 4.69) is 10.1 Å². The first-order valence-electron chi connectivity index (χ1n) is 5.57. The van der Waals surface area contributed by atoms with Crippen LogP contribution in [0.2, 0.25) is 0 Å². The molecular formula is C10H14N4O4. The van der Waals surface area contributed by atoms with E-state index in [0.29, 0.717) is 6.54 Å². The fraction of sp³-hybridized carbons (Fsp3) is 0.600.